The first-order chi connectivity index (χ1) is 7.80. The predicted molar refractivity (Wildman–Crippen MR) is 65.8 cm³/mol. The van der Waals surface area contributed by atoms with Gasteiger partial charge in [-0.3, -0.25) is 4.79 Å². The van der Waals surface area contributed by atoms with Gasteiger partial charge in [0.25, 0.3) is 5.91 Å². The van der Waals surface area contributed by atoms with Crippen LogP contribution in [-0.4, -0.2) is 27.9 Å². The summed E-state index contributed by atoms with van der Waals surface area (Å²) in [6.45, 7) is 0. The summed E-state index contributed by atoms with van der Waals surface area (Å²) in [6, 6.07) is 3.85. The first-order valence-corrected chi connectivity index (χ1v) is 6.58. The Balaban J connectivity index is 1.97. The molecule has 1 fully saturated rings. The van der Waals surface area contributed by atoms with Gasteiger partial charge in [0.15, 0.2) is 5.82 Å². The fourth-order valence-corrected chi connectivity index (χ4v) is 3.41. The highest BCUT2D eigenvalue weighted by Gasteiger charge is 2.43. The molecule has 0 aromatic carbocycles. The molecule has 3 rings (SSSR count). The summed E-state index contributed by atoms with van der Waals surface area (Å²) in [6.07, 6.45) is 3.46. The lowest BCUT2D eigenvalue weighted by Gasteiger charge is -2.40. The molecule has 0 atom stereocenters. The van der Waals surface area contributed by atoms with Gasteiger partial charge in [0.2, 0.25) is 0 Å². The third-order valence-corrected chi connectivity index (χ3v) is 4.18. The molecule has 0 unspecified atom stereocenters. The number of hydrogen-bond acceptors (Lipinski definition) is 4. The molecule has 1 saturated heterocycles. The molecule has 1 amide bonds. The summed E-state index contributed by atoms with van der Waals surface area (Å²) >= 11 is 1.91. The number of hydrogen-bond donors (Lipinski definition) is 2. The van der Waals surface area contributed by atoms with Crippen molar-refractivity contribution >= 4 is 29.2 Å². The molecular formula is C11H13N3OS. The van der Waals surface area contributed by atoms with Crippen molar-refractivity contribution in [2.24, 2.45) is 0 Å². The quantitative estimate of drug-likeness (QED) is 0.719. The van der Waals surface area contributed by atoms with Crippen molar-refractivity contribution in [3.63, 3.8) is 0 Å². The van der Waals surface area contributed by atoms with Crippen molar-refractivity contribution in [1.29, 1.82) is 0 Å². The molecule has 2 N–H and O–H groups in total. The van der Waals surface area contributed by atoms with E-state index in [1.165, 1.54) is 0 Å². The van der Waals surface area contributed by atoms with Crippen LogP contribution in [0.5, 0.6) is 0 Å². The van der Waals surface area contributed by atoms with Gasteiger partial charge >= 0.3 is 0 Å². The summed E-state index contributed by atoms with van der Waals surface area (Å²) < 4.78 is 0. The summed E-state index contributed by atoms with van der Waals surface area (Å²) in [5.41, 5.74) is 0.537. The minimum atomic E-state index is -0.402. The SMILES string of the molecule is O=C1Nc2ncccc2NC12CCSCC2. The van der Waals surface area contributed by atoms with Crippen LogP contribution in [0.15, 0.2) is 18.3 Å². The van der Waals surface area contributed by atoms with E-state index in [1.807, 2.05) is 23.9 Å². The smallest absolute Gasteiger partial charge is 0.251 e. The average Bonchev–Trinajstić information content (AvgIpc) is 2.32. The van der Waals surface area contributed by atoms with Crippen molar-refractivity contribution in [2.75, 3.05) is 22.1 Å². The molecule has 1 aromatic rings. The van der Waals surface area contributed by atoms with E-state index < -0.39 is 5.54 Å². The Morgan fingerprint density at radius 1 is 1.38 bits per heavy atom. The zero-order chi connectivity index (χ0) is 11.0. The topological polar surface area (TPSA) is 54.0 Å². The second kappa shape index (κ2) is 3.66. The molecular weight excluding hydrogens is 222 g/mol. The molecule has 0 saturated carbocycles. The molecule has 1 spiro atoms. The van der Waals surface area contributed by atoms with E-state index in [0.717, 1.165) is 30.0 Å². The molecule has 4 nitrogen and oxygen atoms in total. The number of rotatable bonds is 0. The van der Waals surface area contributed by atoms with Gasteiger partial charge < -0.3 is 10.6 Å². The van der Waals surface area contributed by atoms with Gasteiger partial charge in [-0.2, -0.15) is 11.8 Å². The molecule has 0 aliphatic carbocycles. The molecule has 5 heteroatoms. The lowest BCUT2D eigenvalue weighted by atomic mass is 9.89. The van der Waals surface area contributed by atoms with Crippen LogP contribution in [0.1, 0.15) is 12.8 Å². The molecule has 0 bridgehead atoms. The van der Waals surface area contributed by atoms with E-state index in [4.69, 9.17) is 0 Å². The Bertz CT molecular complexity index is 429. The van der Waals surface area contributed by atoms with Crippen LogP contribution in [0.4, 0.5) is 11.5 Å². The Morgan fingerprint density at radius 3 is 3.00 bits per heavy atom. The number of nitrogens with one attached hydrogen (secondary N) is 2. The summed E-state index contributed by atoms with van der Waals surface area (Å²) in [5.74, 6) is 2.79. The van der Waals surface area contributed by atoms with Crippen LogP contribution in [0.3, 0.4) is 0 Å². The summed E-state index contributed by atoms with van der Waals surface area (Å²) in [7, 11) is 0. The maximum atomic E-state index is 12.1. The summed E-state index contributed by atoms with van der Waals surface area (Å²) in [5, 5.41) is 6.27. The first kappa shape index (κ1) is 9.96. The van der Waals surface area contributed by atoms with Crippen molar-refractivity contribution in [2.45, 2.75) is 18.4 Å². The van der Waals surface area contributed by atoms with Crippen molar-refractivity contribution in [3.05, 3.63) is 18.3 Å². The maximum Gasteiger partial charge on any atom is 0.251 e. The van der Waals surface area contributed by atoms with Gasteiger partial charge in [0.1, 0.15) is 5.54 Å². The number of amides is 1. The molecule has 1 aromatic heterocycles. The molecule has 16 heavy (non-hydrogen) atoms. The second-order valence-electron chi connectivity index (χ2n) is 4.17. The van der Waals surface area contributed by atoms with Gasteiger partial charge in [0.05, 0.1) is 5.69 Å². The van der Waals surface area contributed by atoms with Crippen LogP contribution in [0.25, 0.3) is 0 Å². The number of pyridine rings is 1. The predicted octanol–water partition coefficient (Wildman–Crippen LogP) is 1.71. The van der Waals surface area contributed by atoms with Crippen molar-refractivity contribution in [1.82, 2.24) is 4.98 Å². The third-order valence-electron chi connectivity index (χ3n) is 3.19. The van der Waals surface area contributed by atoms with E-state index in [-0.39, 0.29) is 5.91 Å². The van der Waals surface area contributed by atoms with Gasteiger partial charge in [0, 0.05) is 6.20 Å². The largest absolute Gasteiger partial charge is 0.368 e. The molecule has 2 aliphatic rings. The highest BCUT2D eigenvalue weighted by molar-refractivity contribution is 7.99. The normalized spacial score (nSPS) is 22.1. The third kappa shape index (κ3) is 1.46. The zero-order valence-electron chi connectivity index (χ0n) is 8.82. The molecule has 3 heterocycles. The number of carbonyl (C=O) groups is 1. The summed E-state index contributed by atoms with van der Waals surface area (Å²) in [4.78, 5) is 16.3. The first-order valence-electron chi connectivity index (χ1n) is 5.43. The Morgan fingerprint density at radius 2 is 2.19 bits per heavy atom. The Labute approximate surface area is 98.2 Å². The highest BCUT2D eigenvalue weighted by atomic mass is 32.2. The van der Waals surface area contributed by atoms with Gasteiger partial charge in [-0.15, -0.1) is 0 Å². The van der Waals surface area contributed by atoms with E-state index in [0.29, 0.717) is 5.82 Å². The van der Waals surface area contributed by atoms with Crippen LogP contribution >= 0.6 is 11.8 Å². The van der Waals surface area contributed by atoms with E-state index in [1.54, 1.807) is 6.20 Å². The highest BCUT2D eigenvalue weighted by Crippen LogP contribution is 2.36. The van der Waals surface area contributed by atoms with Crippen LogP contribution < -0.4 is 10.6 Å². The fraction of sp³-hybridized carbons (Fsp3) is 0.455. The zero-order valence-corrected chi connectivity index (χ0v) is 9.64. The number of nitrogens with zero attached hydrogens (tertiary/aromatic N) is 1. The lowest BCUT2D eigenvalue weighted by molar-refractivity contribution is -0.120. The van der Waals surface area contributed by atoms with Crippen LogP contribution in [-0.2, 0) is 4.79 Å². The molecule has 0 radical (unpaired) electrons. The Kier molecular flexibility index (Phi) is 2.28. The monoisotopic (exact) mass is 235 g/mol. The number of fused-ring (bicyclic) bond motifs is 1. The fourth-order valence-electron chi connectivity index (χ4n) is 2.22. The maximum absolute atomic E-state index is 12.1. The Hall–Kier alpha value is -1.23. The van der Waals surface area contributed by atoms with Crippen LogP contribution in [0.2, 0.25) is 0 Å². The molecule has 84 valence electrons. The number of thioether (sulfide) groups is 1. The number of anilines is 2. The lowest BCUT2D eigenvalue weighted by Crippen LogP contribution is -2.54. The average molecular weight is 235 g/mol. The van der Waals surface area contributed by atoms with E-state index in [2.05, 4.69) is 15.6 Å². The van der Waals surface area contributed by atoms with Crippen molar-refractivity contribution < 1.29 is 4.79 Å². The molecule has 2 aliphatic heterocycles. The minimum absolute atomic E-state index is 0.0685. The van der Waals surface area contributed by atoms with E-state index in [9.17, 15) is 4.79 Å². The number of carbonyl (C=O) groups excluding carboxylic acids is 1. The van der Waals surface area contributed by atoms with Gasteiger partial charge in [-0.25, -0.2) is 4.98 Å². The van der Waals surface area contributed by atoms with Crippen LogP contribution in [0, 0.1) is 0 Å². The minimum Gasteiger partial charge on any atom is -0.368 e. The second-order valence-corrected chi connectivity index (χ2v) is 5.40. The van der Waals surface area contributed by atoms with Gasteiger partial charge in [-0.1, -0.05) is 0 Å². The standard InChI is InChI=1S/C11H13N3OS/c15-10-11(3-6-16-7-4-11)14-8-2-1-5-12-9(8)13-10/h1-2,5,14H,3-4,6-7H2,(H,12,13,15). The number of aromatic nitrogens is 1. The van der Waals surface area contributed by atoms with E-state index >= 15 is 0 Å². The van der Waals surface area contributed by atoms with Crippen molar-refractivity contribution in [3.8, 4) is 0 Å². The van der Waals surface area contributed by atoms with Gasteiger partial charge in [-0.05, 0) is 36.5 Å².